The third-order valence-electron chi connectivity index (χ3n) is 1.74. The molecule has 0 atom stereocenters. The van der Waals surface area contributed by atoms with Gasteiger partial charge in [0.05, 0.1) is 4.90 Å². The highest BCUT2D eigenvalue weighted by molar-refractivity contribution is 9.10. The summed E-state index contributed by atoms with van der Waals surface area (Å²) in [6.45, 7) is 1.88. The van der Waals surface area contributed by atoms with Gasteiger partial charge in [0.2, 0.25) is 10.0 Å². The van der Waals surface area contributed by atoms with Gasteiger partial charge in [-0.25, -0.2) is 13.6 Å². The van der Waals surface area contributed by atoms with Crippen LogP contribution < -0.4 is 5.14 Å². The van der Waals surface area contributed by atoms with E-state index in [0.717, 1.165) is 10.0 Å². The summed E-state index contributed by atoms with van der Waals surface area (Å²) in [5.41, 5.74) is 0.727. The number of benzene rings is 1. The molecule has 1 aromatic carbocycles. The Bertz CT molecular complexity index is 414. The normalized spacial score (nSPS) is 11.6. The minimum absolute atomic E-state index is 0.198. The van der Waals surface area contributed by atoms with Gasteiger partial charge < -0.3 is 0 Å². The Balaban J connectivity index is 3.47. The van der Waals surface area contributed by atoms with Crippen molar-refractivity contribution < 1.29 is 8.42 Å². The van der Waals surface area contributed by atoms with Crippen molar-refractivity contribution in [3.63, 3.8) is 0 Å². The fourth-order valence-corrected chi connectivity index (χ4v) is 2.79. The van der Waals surface area contributed by atoms with Crippen LogP contribution in [0.25, 0.3) is 0 Å². The summed E-state index contributed by atoms with van der Waals surface area (Å²) in [5.74, 6) is 0. The van der Waals surface area contributed by atoms with Gasteiger partial charge >= 0.3 is 0 Å². The van der Waals surface area contributed by atoms with E-state index in [-0.39, 0.29) is 4.90 Å². The second kappa shape index (κ2) is 3.77. The number of hydrogen-bond acceptors (Lipinski definition) is 2. The van der Waals surface area contributed by atoms with Crippen LogP contribution in [0.15, 0.2) is 27.6 Å². The van der Waals surface area contributed by atoms with Gasteiger partial charge in [-0.05, 0) is 24.1 Å². The molecule has 2 N–H and O–H groups in total. The van der Waals surface area contributed by atoms with E-state index in [9.17, 15) is 8.42 Å². The molecule has 0 aromatic heterocycles. The molecule has 0 fully saturated rings. The fraction of sp³-hybridized carbons (Fsp3) is 0.250. The maximum absolute atomic E-state index is 11.1. The molecule has 13 heavy (non-hydrogen) atoms. The van der Waals surface area contributed by atoms with Crippen molar-refractivity contribution in [3.05, 3.63) is 28.2 Å². The molecule has 0 amide bonds. The van der Waals surface area contributed by atoms with Crippen molar-refractivity contribution in [2.75, 3.05) is 0 Å². The number of nitrogens with two attached hydrogens (primary N) is 1. The van der Waals surface area contributed by atoms with E-state index in [4.69, 9.17) is 5.14 Å². The van der Waals surface area contributed by atoms with Crippen LogP contribution in [0.1, 0.15) is 12.5 Å². The zero-order valence-electron chi connectivity index (χ0n) is 7.12. The first-order chi connectivity index (χ1) is 5.96. The van der Waals surface area contributed by atoms with Crippen molar-refractivity contribution in [3.8, 4) is 0 Å². The summed E-state index contributed by atoms with van der Waals surface area (Å²) in [5, 5.41) is 5.05. The van der Waals surface area contributed by atoms with Crippen LogP contribution in [0.4, 0.5) is 0 Å². The lowest BCUT2D eigenvalue weighted by Crippen LogP contribution is -2.14. The number of primary sulfonamides is 1. The predicted molar refractivity (Wildman–Crippen MR) is 54.9 cm³/mol. The molecular weight excluding hydrogens is 254 g/mol. The SMILES string of the molecule is CCc1c(Br)cccc1S(N)(=O)=O. The molecule has 0 spiro atoms. The highest BCUT2D eigenvalue weighted by Crippen LogP contribution is 2.23. The lowest BCUT2D eigenvalue weighted by Gasteiger charge is -2.06. The lowest BCUT2D eigenvalue weighted by molar-refractivity contribution is 0.596. The van der Waals surface area contributed by atoms with Crippen molar-refractivity contribution in [1.82, 2.24) is 0 Å². The summed E-state index contributed by atoms with van der Waals surface area (Å²) in [7, 11) is -3.60. The summed E-state index contributed by atoms with van der Waals surface area (Å²) in [6.07, 6.45) is 0.632. The quantitative estimate of drug-likeness (QED) is 0.883. The van der Waals surface area contributed by atoms with Crippen LogP contribution in [-0.2, 0) is 16.4 Å². The van der Waals surface area contributed by atoms with Crippen molar-refractivity contribution >= 4 is 26.0 Å². The van der Waals surface area contributed by atoms with E-state index in [2.05, 4.69) is 15.9 Å². The van der Waals surface area contributed by atoms with Crippen molar-refractivity contribution in [2.24, 2.45) is 5.14 Å². The minimum atomic E-state index is -3.60. The van der Waals surface area contributed by atoms with E-state index in [1.165, 1.54) is 6.07 Å². The Hall–Kier alpha value is -0.390. The van der Waals surface area contributed by atoms with E-state index in [0.29, 0.717) is 6.42 Å². The summed E-state index contributed by atoms with van der Waals surface area (Å²) in [6, 6.07) is 4.97. The van der Waals surface area contributed by atoms with Gasteiger partial charge in [0.25, 0.3) is 0 Å². The van der Waals surface area contributed by atoms with Gasteiger partial charge in [0.15, 0.2) is 0 Å². The smallest absolute Gasteiger partial charge is 0.225 e. The van der Waals surface area contributed by atoms with Crippen LogP contribution in [-0.4, -0.2) is 8.42 Å². The molecular formula is C8H10BrNO2S. The van der Waals surface area contributed by atoms with Crippen molar-refractivity contribution in [2.45, 2.75) is 18.2 Å². The van der Waals surface area contributed by atoms with E-state index in [1.54, 1.807) is 12.1 Å². The molecule has 0 aliphatic rings. The third kappa shape index (κ3) is 2.30. The van der Waals surface area contributed by atoms with Crippen molar-refractivity contribution in [1.29, 1.82) is 0 Å². The average molecular weight is 264 g/mol. The molecule has 0 saturated carbocycles. The Kier molecular flexibility index (Phi) is 3.10. The number of halogens is 1. The first-order valence-electron chi connectivity index (χ1n) is 3.77. The molecule has 0 saturated heterocycles. The second-order valence-electron chi connectivity index (χ2n) is 2.62. The van der Waals surface area contributed by atoms with Gasteiger partial charge in [-0.3, -0.25) is 0 Å². The minimum Gasteiger partial charge on any atom is -0.225 e. The largest absolute Gasteiger partial charge is 0.238 e. The van der Waals surface area contributed by atoms with E-state index < -0.39 is 10.0 Å². The first-order valence-corrected chi connectivity index (χ1v) is 6.11. The van der Waals surface area contributed by atoms with Gasteiger partial charge in [-0.15, -0.1) is 0 Å². The van der Waals surface area contributed by atoms with Crippen LogP contribution in [0.5, 0.6) is 0 Å². The fourth-order valence-electron chi connectivity index (χ4n) is 1.15. The van der Waals surface area contributed by atoms with Crippen LogP contribution >= 0.6 is 15.9 Å². The molecule has 0 aliphatic carbocycles. The maximum Gasteiger partial charge on any atom is 0.238 e. The molecule has 1 aromatic rings. The molecule has 1 rings (SSSR count). The van der Waals surface area contributed by atoms with Gasteiger partial charge in [0.1, 0.15) is 0 Å². The monoisotopic (exact) mass is 263 g/mol. The zero-order chi connectivity index (χ0) is 10.1. The average Bonchev–Trinajstić information content (AvgIpc) is 2.02. The van der Waals surface area contributed by atoms with Gasteiger partial charge in [-0.2, -0.15) is 0 Å². The van der Waals surface area contributed by atoms with Crippen LogP contribution in [0.3, 0.4) is 0 Å². The Labute approximate surface area is 86.1 Å². The number of hydrogen-bond donors (Lipinski definition) is 1. The topological polar surface area (TPSA) is 60.2 Å². The van der Waals surface area contributed by atoms with E-state index >= 15 is 0 Å². The highest BCUT2D eigenvalue weighted by atomic mass is 79.9. The Morgan fingerprint density at radius 1 is 1.46 bits per heavy atom. The summed E-state index contributed by atoms with van der Waals surface area (Å²) >= 11 is 3.28. The predicted octanol–water partition coefficient (Wildman–Crippen LogP) is 1.66. The molecule has 0 heterocycles. The number of rotatable bonds is 2. The lowest BCUT2D eigenvalue weighted by atomic mass is 10.2. The van der Waals surface area contributed by atoms with Crippen LogP contribution in [0.2, 0.25) is 0 Å². The standard InChI is InChI=1S/C8H10BrNO2S/c1-2-6-7(9)4-3-5-8(6)13(10,11)12/h3-5H,2H2,1H3,(H2,10,11,12). The van der Waals surface area contributed by atoms with E-state index in [1.807, 2.05) is 6.92 Å². The molecule has 0 aliphatic heterocycles. The number of sulfonamides is 1. The molecule has 5 heteroatoms. The molecule has 0 unspecified atom stereocenters. The maximum atomic E-state index is 11.1. The highest BCUT2D eigenvalue weighted by Gasteiger charge is 2.13. The van der Waals surface area contributed by atoms with Gasteiger partial charge in [0, 0.05) is 4.47 Å². The van der Waals surface area contributed by atoms with Crippen LogP contribution in [0, 0.1) is 0 Å². The Morgan fingerprint density at radius 2 is 2.08 bits per heavy atom. The third-order valence-corrected chi connectivity index (χ3v) is 3.47. The Morgan fingerprint density at radius 3 is 2.46 bits per heavy atom. The second-order valence-corrected chi connectivity index (χ2v) is 5.00. The zero-order valence-corrected chi connectivity index (χ0v) is 9.52. The molecule has 3 nitrogen and oxygen atoms in total. The summed E-state index contributed by atoms with van der Waals surface area (Å²) < 4.78 is 23.0. The molecule has 0 radical (unpaired) electrons. The van der Waals surface area contributed by atoms with Gasteiger partial charge in [-0.1, -0.05) is 28.9 Å². The molecule has 72 valence electrons. The first kappa shape index (κ1) is 10.7. The molecule has 0 bridgehead atoms. The summed E-state index contributed by atoms with van der Waals surface area (Å²) in [4.78, 5) is 0.198.